The number of phenolic OH excluding ortho intramolecular Hbond substituents is 2. The van der Waals surface area contributed by atoms with Gasteiger partial charge < -0.3 is 21.7 Å². The Morgan fingerprint density at radius 2 is 1.43 bits per heavy atom. The molecule has 1 atom stereocenters. The molecule has 28 heavy (non-hydrogen) atoms. The molecule has 0 aromatic heterocycles. The van der Waals surface area contributed by atoms with Crippen molar-refractivity contribution in [2.75, 3.05) is 11.5 Å². The molecule has 0 spiro atoms. The lowest BCUT2D eigenvalue weighted by molar-refractivity contribution is -0.0374. The second-order valence-corrected chi connectivity index (χ2v) is 7.32. The number of phenols is 2. The SMILES string of the molecule is CCCCCCCCC(c1ccc(O)c(N)c1)C(F)(F)c1ccc(O)c(N)c1. The third-order valence-electron chi connectivity index (χ3n) is 5.15. The number of anilines is 2. The number of unbranched alkanes of at least 4 members (excludes halogenated alkanes) is 5. The van der Waals surface area contributed by atoms with Crippen LogP contribution in [0.2, 0.25) is 0 Å². The van der Waals surface area contributed by atoms with Gasteiger partial charge in [-0.05, 0) is 42.3 Å². The number of aromatic hydroxyl groups is 2. The highest BCUT2D eigenvalue weighted by atomic mass is 19.3. The maximum atomic E-state index is 15.4. The molecule has 0 fully saturated rings. The molecule has 6 N–H and O–H groups in total. The number of nitrogen functional groups attached to an aromatic ring is 2. The van der Waals surface area contributed by atoms with Gasteiger partial charge >= 0.3 is 0 Å². The van der Waals surface area contributed by atoms with E-state index >= 15 is 8.78 Å². The van der Waals surface area contributed by atoms with E-state index in [9.17, 15) is 10.2 Å². The van der Waals surface area contributed by atoms with Gasteiger partial charge in [-0.3, -0.25) is 0 Å². The normalized spacial score (nSPS) is 12.8. The molecule has 2 aromatic rings. The van der Waals surface area contributed by atoms with Crippen LogP contribution < -0.4 is 11.5 Å². The Hall–Kier alpha value is -2.50. The van der Waals surface area contributed by atoms with E-state index in [2.05, 4.69) is 6.92 Å². The second kappa shape index (κ2) is 9.62. The number of halogens is 2. The number of hydrogen-bond donors (Lipinski definition) is 4. The van der Waals surface area contributed by atoms with E-state index in [4.69, 9.17) is 11.5 Å². The minimum Gasteiger partial charge on any atom is -0.506 e. The Balaban J connectivity index is 2.27. The maximum absolute atomic E-state index is 15.4. The highest BCUT2D eigenvalue weighted by molar-refractivity contribution is 5.56. The number of alkyl halides is 2. The van der Waals surface area contributed by atoms with E-state index in [-0.39, 0.29) is 34.9 Å². The standard InChI is InChI=1S/C22H30F2N2O2/c1-2-3-4-5-6-7-8-17(15-9-11-20(27)18(25)13-15)22(23,24)16-10-12-21(28)19(26)14-16/h9-14,17,27-28H,2-8,25-26H2,1H3. The number of nitrogens with two attached hydrogens (primary N) is 2. The Labute approximate surface area is 165 Å². The summed E-state index contributed by atoms with van der Waals surface area (Å²) in [5.41, 5.74) is 11.5. The van der Waals surface area contributed by atoms with Gasteiger partial charge in [0.05, 0.1) is 17.3 Å². The highest BCUT2D eigenvalue weighted by Gasteiger charge is 2.42. The third kappa shape index (κ3) is 5.27. The van der Waals surface area contributed by atoms with E-state index in [0.717, 1.165) is 38.2 Å². The van der Waals surface area contributed by atoms with Crippen molar-refractivity contribution in [2.24, 2.45) is 0 Å². The average molecular weight is 392 g/mol. The molecule has 2 rings (SSSR count). The topological polar surface area (TPSA) is 92.5 Å². The van der Waals surface area contributed by atoms with Crippen molar-refractivity contribution >= 4 is 11.4 Å². The van der Waals surface area contributed by atoms with Crippen molar-refractivity contribution in [2.45, 2.75) is 63.7 Å². The van der Waals surface area contributed by atoms with Crippen LogP contribution in [0.5, 0.6) is 11.5 Å². The van der Waals surface area contributed by atoms with Crippen LogP contribution in [0.3, 0.4) is 0 Å². The Morgan fingerprint density at radius 1 is 0.857 bits per heavy atom. The van der Waals surface area contributed by atoms with Crippen LogP contribution >= 0.6 is 0 Å². The van der Waals surface area contributed by atoms with E-state index in [1.54, 1.807) is 0 Å². The van der Waals surface area contributed by atoms with Crippen molar-refractivity contribution in [1.29, 1.82) is 0 Å². The molecule has 0 bridgehead atoms. The lowest BCUT2D eigenvalue weighted by Gasteiger charge is -2.28. The zero-order valence-electron chi connectivity index (χ0n) is 16.3. The Kier molecular flexibility index (Phi) is 7.49. The summed E-state index contributed by atoms with van der Waals surface area (Å²) in [6.07, 6.45) is 6.26. The van der Waals surface area contributed by atoms with Gasteiger partial charge in [-0.1, -0.05) is 51.5 Å². The van der Waals surface area contributed by atoms with E-state index in [0.29, 0.717) is 12.0 Å². The minimum absolute atomic E-state index is 0.0754. The maximum Gasteiger partial charge on any atom is 0.280 e. The van der Waals surface area contributed by atoms with Crippen molar-refractivity contribution in [3.8, 4) is 11.5 Å². The van der Waals surface area contributed by atoms with Crippen LogP contribution in [0, 0.1) is 0 Å². The molecule has 0 aliphatic carbocycles. The van der Waals surface area contributed by atoms with Gasteiger partial charge in [0.15, 0.2) is 0 Å². The summed E-state index contributed by atoms with van der Waals surface area (Å²) in [7, 11) is 0. The molecule has 154 valence electrons. The molecule has 4 nitrogen and oxygen atoms in total. The Morgan fingerprint density at radius 3 is 2.04 bits per heavy atom. The summed E-state index contributed by atoms with van der Waals surface area (Å²) in [6, 6.07) is 7.75. The molecule has 1 unspecified atom stereocenters. The van der Waals surface area contributed by atoms with Crippen LogP contribution in [0.25, 0.3) is 0 Å². The summed E-state index contributed by atoms with van der Waals surface area (Å²) in [5, 5.41) is 19.2. The number of hydrogen-bond acceptors (Lipinski definition) is 4. The van der Waals surface area contributed by atoms with Crippen LogP contribution in [-0.4, -0.2) is 10.2 Å². The summed E-state index contributed by atoms with van der Waals surface area (Å²) in [5.74, 6) is -4.65. The molecular weight excluding hydrogens is 362 g/mol. The van der Waals surface area contributed by atoms with Crippen molar-refractivity contribution in [3.05, 3.63) is 47.5 Å². The van der Waals surface area contributed by atoms with Crippen molar-refractivity contribution in [1.82, 2.24) is 0 Å². The predicted octanol–water partition coefficient (Wildman–Crippen LogP) is 5.89. The highest BCUT2D eigenvalue weighted by Crippen LogP contribution is 2.47. The number of benzene rings is 2. The average Bonchev–Trinajstić information content (AvgIpc) is 2.65. The summed E-state index contributed by atoms with van der Waals surface area (Å²) in [6.45, 7) is 2.13. The first kappa shape index (κ1) is 21.8. The van der Waals surface area contributed by atoms with Gasteiger partial charge in [0.1, 0.15) is 11.5 Å². The third-order valence-corrected chi connectivity index (χ3v) is 5.15. The van der Waals surface area contributed by atoms with Crippen molar-refractivity contribution in [3.63, 3.8) is 0 Å². The van der Waals surface area contributed by atoms with E-state index < -0.39 is 11.8 Å². The van der Waals surface area contributed by atoms with Gasteiger partial charge in [0.25, 0.3) is 5.92 Å². The lowest BCUT2D eigenvalue weighted by Crippen LogP contribution is -2.24. The molecule has 0 amide bonds. The van der Waals surface area contributed by atoms with Crippen LogP contribution in [0.1, 0.15) is 68.9 Å². The molecule has 0 aliphatic heterocycles. The van der Waals surface area contributed by atoms with Gasteiger partial charge in [0.2, 0.25) is 0 Å². The fourth-order valence-electron chi connectivity index (χ4n) is 3.44. The molecule has 0 aliphatic rings. The minimum atomic E-state index is -3.20. The van der Waals surface area contributed by atoms with E-state index in [1.807, 2.05) is 0 Å². The smallest absolute Gasteiger partial charge is 0.280 e. The van der Waals surface area contributed by atoms with Crippen LogP contribution in [0.4, 0.5) is 20.2 Å². The molecule has 0 heterocycles. The van der Waals surface area contributed by atoms with Gasteiger partial charge in [-0.2, -0.15) is 0 Å². The molecular formula is C22H30F2N2O2. The van der Waals surface area contributed by atoms with Gasteiger partial charge in [-0.25, -0.2) is 8.78 Å². The van der Waals surface area contributed by atoms with E-state index in [1.165, 1.54) is 30.3 Å². The van der Waals surface area contributed by atoms with Crippen LogP contribution in [-0.2, 0) is 5.92 Å². The largest absolute Gasteiger partial charge is 0.506 e. The molecule has 6 heteroatoms. The molecule has 2 aromatic carbocycles. The second-order valence-electron chi connectivity index (χ2n) is 7.32. The first-order valence-corrected chi connectivity index (χ1v) is 9.82. The molecule has 0 radical (unpaired) electrons. The first-order valence-electron chi connectivity index (χ1n) is 9.82. The monoisotopic (exact) mass is 392 g/mol. The fraction of sp³-hybridized carbons (Fsp3) is 0.455. The quantitative estimate of drug-likeness (QED) is 0.230. The van der Waals surface area contributed by atoms with Gasteiger partial charge in [0, 0.05) is 5.56 Å². The zero-order valence-corrected chi connectivity index (χ0v) is 16.3. The predicted molar refractivity (Wildman–Crippen MR) is 110 cm³/mol. The number of rotatable bonds is 10. The summed E-state index contributed by atoms with van der Waals surface area (Å²) >= 11 is 0. The Bertz CT molecular complexity index is 781. The molecule has 0 saturated carbocycles. The van der Waals surface area contributed by atoms with Crippen molar-refractivity contribution < 1.29 is 19.0 Å². The lowest BCUT2D eigenvalue weighted by atomic mass is 9.83. The zero-order chi connectivity index (χ0) is 20.7. The fourth-order valence-corrected chi connectivity index (χ4v) is 3.44. The summed E-state index contributed by atoms with van der Waals surface area (Å²) < 4.78 is 30.9. The van der Waals surface area contributed by atoms with Gasteiger partial charge in [-0.15, -0.1) is 0 Å². The van der Waals surface area contributed by atoms with Crippen LogP contribution in [0.15, 0.2) is 36.4 Å². The first-order chi connectivity index (χ1) is 13.3. The molecule has 0 saturated heterocycles. The summed E-state index contributed by atoms with van der Waals surface area (Å²) in [4.78, 5) is 0.